The molecule has 0 aliphatic rings. The number of benzene rings is 1. The number of phenols is 1. The zero-order chi connectivity index (χ0) is 19.7. The molecule has 1 aromatic carbocycles. The maximum Gasteiger partial charge on any atom is 0.213 e. The number of thiazole rings is 1. The van der Waals surface area contributed by atoms with Crippen molar-refractivity contribution in [1.29, 1.82) is 0 Å². The molecule has 28 heavy (non-hydrogen) atoms. The van der Waals surface area contributed by atoms with Gasteiger partial charge in [-0.15, -0.1) is 22.7 Å². The highest BCUT2D eigenvalue weighted by Crippen LogP contribution is 2.38. The van der Waals surface area contributed by atoms with Crippen LogP contribution in [-0.4, -0.2) is 15.1 Å². The highest BCUT2D eigenvalue weighted by Gasteiger charge is 2.15. The van der Waals surface area contributed by atoms with E-state index in [4.69, 9.17) is 4.74 Å². The zero-order valence-electron chi connectivity index (χ0n) is 14.6. The summed E-state index contributed by atoms with van der Waals surface area (Å²) in [6, 6.07) is 9.56. The number of ether oxygens (including phenoxy) is 1. The van der Waals surface area contributed by atoms with Crippen molar-refractivity contribution in [3.63, 3.8) is 0 Å². The highest BCUT2D eigenvalue weighted by molar-refractivity contribution is 7.17. The molecule has 1 N–H and O–H groups in total. The Balaban J connectivity index is 1.56. The van der Waals surface area contributed by atoms with Gasteiger partial charge in [-0.05, 0) is 36.8 Å². The summed E-state index contributed by atoms with van der Waals surface area (Å²) in [5, 5.41) is 12.0. The van der Waals surface area contributed by atoms with Crippen LogP contribution in [0.25, 0.3) is 20.9 Å². The van der Waals surface area contributed by atoms with Gasteiger partial charge in [0.15, 0.2) is 17.4 Å². The molecule has 0 bridgehead atoms. The van der Waals surface area contributed by atoms with Gasteiger partial charge in [0.25, 0.3) is 0 Å². The van der Waals surface area contributed by atoms with E-state index >= 15 is 0 Å². The first-order chi connectivity index (χ1) is 13.5. The zero-order valence-corrected chi connectivity index (χ0v) is 16.3. The number of aromatic nitrogens is 2. The summed E-state index contributed by atoms with van der Waals surface area (Å²) in [5.74, 6) is -2.39. The third-order valence-corrected chi connectivity index (χ3v) is 6.14. The molecule has 4 nitrogen and oxygen atoms in total. The summed E-state index contributed by atoms with van der Waals surface area (Å²) < 4.78 is 32.9. The Morgan fingerprint density at radius 2 is 1.89 bits per heavy atom. The van der Waals surface area contributed by atoms with Gasteiger partial charge in [0.2, 0.25) is 5.88 Å². The molecule has 3 aromatic heterocycles. The largest absolute Gasteiger partial charge is 0.503 e. The van der Waals surface area contributed by atoms with Gasteiger partial charge >= 0.3 is 0 Å². The lowest BCUT2D eigenvalue weighted by Gasteiger charge is -2.01. The SMILES string of the molecule is Cc1nc(COc2ccccn2)sc1-c1csc(-c2cc(F)c(O)c(F)c2)c1. The predicted octanol–water partition coefficient (Wildman–Crippen LogP) is 5.80. The molecular formula is C20H14F2N2O2S2. The maximum atomic E-state index is 13.6. The standard InChI is InChI=1S/C20H14F2N2O2S2/c1-11-20(28-18(24-11)9-26-17-4-2-3-5-23-17)13-8-16(27-10-13)12-6-14(21)19(25)15(22)7-12/h2-8,10,25H,9H2,1H3. The summed E-state index contributed by atoms with van der Waals surface area (Å²) in [6.07, 6.45) is 1.66. The average Bonchev–Trinajstić information content (AvgIpc) is 3.31. The van der Waals surface area contributed by atoms with Crippen LogP contribution in [0.1, 0.15) is 10.7 Å². The van der Waals surface area contributed by atoms with Crippen LogP contribution in [-0.2, 0) is 6.61 Å². The summed E-state index contributed by atoms with van der Waals surface area (Å²) in [7, 11) is 0. The number of pyridine rings is 1. The normalized spacial score (nSPS) is 11.0. The molecule has 0 aliphatic carbocycles. The second-order valence-electron chi connectivity index (χ2n) is 5.97. The molecule has 0 atom stereocenters. The number of aromatic hydroxyl groups is 1. The lowest BCUT2D eigenvalue weighted by Crippen LogP contribution is -1.96. The Bertz CT molecular complexity index is 1100. The molecule has 0 unspecified atom stereocenters. The second-order valence-corrected chi connectivity index (χ2v) is 7.96. The molecule has 0 radical (unpaired) electrons. The Morgan fingerprint density at radius 1 is 1.11 bits per heavy atom. The number of hydrogen-bond acceptors (Lipinski definition) is 6. The quantitative estimate of drug-likeness (QED) is 0.446. The number of thiophene rings is 1. The monoisotopic (exact) mass is 416 g/mol. The van der Waals surface area contributed by atoms with Gasteiger partial charge in [0.05, 0.1) is 10.6 Å². The average molecular weight is 416 g/mol. The molecule has 4 rings (SSSR count). The molecule has 3 heterocycles. The van der Waals surface area contributed by atoms with Crippen molar-refractivity contribution in [1.82, 2.24) is 9.97 Å². The van der Waals surface area contributed by atoms with E-state index in [0.29, 0.717) is 22.9 Å². The van der Waals surface area contributed by atoms with Crippen LogP contribution in [0.2, 0.25) is 0 Å². The smallest absolute Gasteiger partial charge is 0.213 e. The first-order valence-electron chi connectivity index (χ1n) is 8.28. The minimum Gasteiger partial charge on any atom is -0.503 e. The van der Waals surface area contributed by atoms with Crippen LogP contribution in [0.5, 0.6) is 11.6 Å². The van der Waals surface area contributed by atoms with Crippen LogP contribution in [0.3, 0.4) is 0 Å². The number of rotatable bonds is 5. The second kappa shape index (κ2) is 7.65. The molecule has 0 aliphatic heterocycles. The predicted molar refractivity (Wildman–Crippen MR) is 106 cm³/mol. The highest BCUT2D eigenvalue weighted by atomic mass is 32.1. The summed E-state index contributed by atoms with van der Waals surface area (Å²) in [4.78, 5) is 10.3. The number of halogens is 2. The van der Waals surface area contributed by atoms with Gasteiger partial charge in [-0.2, -0.15) is 0 Å². The fourth-order valence-corrected chi connectivity index (χ4v) is 4.59. The lowest BCUT2D eigenvalue weighted by molar-refractivity contribution is 0.293. The first kappa shape index (κ1) is 18.5. The van der Waals surface area contributed by atoms with Crippen molar-refractivity contribution in [2.75, 3.05) is 0 Å². The van der Waals surface area contributed by atoms with E-state index in [1.54, 1.807) is 12.3 Å². The minimum atomic E-state index is -0.979. The number of nitrogens with zero attached hydrogens (tertiary/aromatic N) is 2. The van der Waals surface area contributed by atoms with E-state index in [9.17, 15) is 13.9 Å². The Kier molecular flexibility index (Phi) is 5.06. The third kappa shape index (κ3) is 3.74. The van der Waals surface area contributed by atoms with E-state index in [1.807, 2.05) is 30.5 Å². The fraction of sp³-hybridized carbons (Fsp3) is 0.100. The molecule has 4 aromatic rings. The van der Waals surface area contributed by atoms with Crippen LogP contribution in [0, 0.1) is 18.6 Å². The Hall–Kier alpha value is -2.84. The first-order valence-corrected chi connectivity index (χ1v) is 9.98. The number of hydrogen-bond donors (Lipinski definition) is 1. The van der Waals surface area contributed by atoms with Crippen molar-refractivity contribution in [3.05, 3.63) is 70.3 Å². The Morgan fingerprint density at radius 3 is 2.61 bits per heavy atom. The third-order valence-electron chi connectivity index (χ3n) is 3.99. The molecule has 0 fully saturated rings. The van der Waals surface area contributed by atoms with Gasteiger partial charge in [0.1, 0.15) is 11.6 Å². The van der Waals surface area contributed by atoms with E-state index < -0.39 is 17.4 Å². The van der Waals surface area contributed by atoms with Crippen molar-refractivity contribution < 1.29 is 18.6 Å². The van der Waals surface area contributed by atoms with Crippen LogP contribution < -0.4 is 4.74 Å². The molecular weight excluding hydrogens is 402 g/mol. The van der Waals surface area contributed by atoms with Crippen molar-refractivity contribution in [2.24, 2.45) is 0 Å². The fourth-order valence-electron chi connectivity index (χ4n) is 2.66. The minimum absolute atomic E-state index is 0.313. The van der Waals surface area contributed by atoms with Gasteiger partial charge in [-0.3, -0.25) is 0 Å². The molecule has 0 spiro atoms. The van der Waals surface area contributed by atoms with Gasteiger partial charge in [-0.1, -0.05) is 6.07 Å². The number of phenolic OH excluding ortho intramolecular Hbond substituents is 1. The van der Waals surface area contributed by atoms with Crippen LogP contribution in [0.15, 0.2) is 48.0 Å². The lowest BCUT2D eigenvalue weighted by atomic mass is 10.1. The molecule has 142 valence electrons. The van der Waals surface area contributed by atoms with E-state index in [1.165, 1.54) is 22.7 Å². The van der Waals surface area contributed by atoms with Gasteiger partial charge < -0.3 is 9.84 Å². The van der Waals surface area contributed by atoms with Gasteiger partial charge in [-0.25, -0.2) is 18.7 Å². The Labute approximate surface area is 167 Å². The van der Waals surface area contributed by atoms with E-state index in [-0.39, 0.29) is 0 Å². The van der Waals surface area contributed by atoms with Crippen molar-refractivity contribution in [2.45, 2.75) is 13.5 Å². The topological polar surface area (TPSA) is 55.2 Å². The molecule has 8 heteroatoms. The summed E-state index contributed by atoms with van der Waals surface area (Å²) in [5.41, 5.74) is 2.16. The maximum absolute atomic E-state index is 13.6. The summed E-state index contributed by atoms with van der Waals surface area (Å²) >= 11 is 2.88. The van der Waals surface area contributed by atoms with Crippen LogP contribution in [0.4, 0.5) is 8.78 Å². The van der Waals surface area contributed by atoms with Crippen LogP contribution >= 0.6 is 22.7 Å². The molecule has 0 saturated carbocycles. The van der Waals surface area contributed by atoms with E-state index in [2.05, 4.69) is 9.97 Å². The molecule has 0 saturated heterocycles. The van der Waals surface area contributed by atoms with Crippen molar-refractivity contribution >= 4 is 22.7 Å². The van der Waals surface area contributed by atoms with E-state index in [0.717, 1.165) is 33.3 Å². The number of aryl methyl sites for hydroxylation is 1. The summed E-state index contributed by atoms with van der Waals surface area (Å²) in [6.45, 7) is 2.22. The molecule has 0 amide bonds. The van der Waals surface area contributed by atoms with Crippen molar-refractivity contribution in [3.8, 4) is 32.5 Å². The van der Waals surface area contributed by atoms with Gasteiger partial charge in [0, 0.05) is 28.1 Å².